The molecule has 0 bridgehead atoms. The van der Waals surface area contributed by atoms with Gasteiger partial charge in [-0.05, 0) is 24.6 Å². The first-order chi connectivity index (χ1) is 13.6. The van der Waals surface area contributed by atoms with Gasteiger partial charge >= 0.3 is 5.97 Å². The number of nitrogens with zero attached hydrogens (tertiary/aromatic N) is 2. The highest BCUT2D eigenvalue weighted by molar-refractivity contribution is 6.28. The van der Waals surface area contributed by atoms with Crippen LogP contribution in [-0.2, 0) is 25.5 Å². The van der Waals surface area contributed by atoms with Gasteiger partial charge in [0.25, 0.3) is 0 Å². The number of anilines is 1. The normalized spacial score (nSPS) is 25.8. The standard InChI is InChI=1S/C22H20N2O4/c1-2-28-21(27)22(13-15-9-5-3-6-10-15)18-17(14-23-22)19(25)24(20(18)26)16-11-7-4-8-12-16/h3-12,14,17-18H,2,13H2,1H3/t17-,18+,22+/m0/s1. The van der Waals surface area contributed by atoms with Gasteiger partial charge in [-0.15, -0.1) is 0 Å². The van der Waals surface area contributed by atoms with Crippen molar-refractivity contribution in [2.24, 2.45) is 16.8 Å². The first-order valence-electron chi connectivity index (χ1n) is 9.28. The smallest absolute Gasteiger partial charge is 0.335 e. The summed E-state index contributed by atoms with van der Waals surface area (Å²) in [5.41, 5.74) is -0.0808. The molecule has 0 aromatic heterocycles. The number of fused-ring (bicyclic) bond motifs is 1. The SMILES string of the molecule is CCOC(=O)[C@]1(Cc2ccccc2)N=C[C@@H]2C(=O)N(c3ccccc3)C(=O)[C@@H]21. The summed E-state index contributed by atoms with van der Waals surface area (Å²) in [5, 5.41) is 0. The van der Waals surface area contributed by atoms with Crippen molar-refractivity contribution >= 4 is 29.7 Å². The van der Waals surface area contributed by atoms with Crippen molar-refractivity contribution in [2.45, 2.75) is 18.9 Å². The molecular weight excluding hydrogens is 356 g/mol. The van der Waals surface area contributed by atoms with Crippen molar-refractivity contribution in [3.63, 3.8) is 0 Å². The highest BCUT2D eigenvalue weighted by atomic mass is 16.5. The molecule has 2 amide bonds. The number of para-hydroxylation sites is 1. The van der Waals surface area contributed by atoms with Crippen LogP contribution in [0.2, 0.25) is 0 Å². The Bertz CT molecular complexity index is 942. The third-order valence-corrected chi connectivity index (χ3v) is 5.29. The highest BCUT2D eigenvalue weighted by Crippen LogP contribution is 2.45. The van der Waals surface area contributed by atoms with Gasteiger partial charge in [0, 0.05) is 12.6 Å². The van der Waals surface area contributed by atoms with Crippen molar-refractivity contribution in [1.82, 2.24) is 0 Å². The highest BCUT2D eigenvalue weighted by Gasteiger charge is 2.64. The molecule has 2 heterocycles. The lowest BCUT2D eigenvalue weighted by atomic mass is 9.76. The first-order valence-corrected chi connectivity index (χ1v) is 9.28. The van der Waals surface area contributed by atoms with Crippen LogP contribution in [-0.4, -0.2) is 36.1 Å². The molecule has 0 saturated carbocycles. The minimum atomic E-state index is -1.43. The summed E-state index contributed by atoms with van der Waals surface area (Å²) in [4.78, 5) is 44.9. The Morgan fingerprint density at radius 1 is 1.04 bits per heavy atom. The molecule has 0 aliphatic carbocycles. The number of carbonyl (C=O) groups excluding carboxylic acids is 3. The monoisotopic (exact) mass is 376 g/mol. The minimum absolute atomic E-state index is 0.173. The second-order valence-electron chi connectivity index (χ2n) is 6.94. The Morgan fingerprint density at radius 2 is 1.68 bits per heavy atom. The summed E-state index contributed by atoms with van der Waals surface area (Å²) in [6.45, 7) is 1.88. The van der Waals surface area contributed by atoms with Gasteiger partial charge in [-0.1, -0.05) is 48.5 Å². The van der Waals surface area contributed by atoms with Gasteiger partial charge in [0.1, 0.15) is 0 Å². The number of imide groups is 1. The van der Waals surface area contributed by atoms with Crippen LogP contribution in [0.1, 0.15) is 12.5 Å². The van der Waals surface area contributed by atoms with E-state index in [1.165, 1.54) is 11.1 Å². The Kier molecular flexibility index (Phi) is 4.55. The lowest BCUT2D eigenvalue weighted by Gasteiger charge is -2.29. The number of esters is 1. The second-order valence-corrected chi connectivity index (χ2v) is 6.94. The number of benzene rings is 2. The molecule has 142 valence electrons. The fraction of sp³-hybridized carbons (Fsp3) is 0.273. The molecular formula is C22H20N2O4. The van der Waals surface area contributed by atoms with Crippen LogP contribution in [0.5, 0.6) is 0 Å². The minimum Gasteiger partial charge on any atom is -0.464 e. The van der Waals surface area contributed by atoms with E-state index >= 15 is 0 Å². The first kappa shape index (κ1) is 18.1. The topological polar surface area (TPSA) is 76.0 Å². The van der Waals surface area contributed by atoms with Gasteiger partial charge in [-0.2, -0.15) is 0 Å². The maximum absolute atomic E-state index is 13.3. The fourth-order valence-electron chi connectivity index (χ4n) is 4.04. The van der Waals surface area contributed by atoms with Crippen LogP contribution < -0.4 is 4.90 Å². The van der Waals surface area contributed by atoms with Crippen molar-refractivity contribution in [2.75, 3.05) is 11.5 Å². The van der Waals surface area contributed by atoms with Gasteiger partial charge in [-0.3, -0.25) is 14.6 Å². The van der Waals surface area contributed by atoms with Gasteiger partial charge in [0.05, 0.1) is 24.1 Å². The summed E-state index contributed by atoms with van der Waals surface area (Å²) < 4.78 is 5.30. The maximum atomic E-state index is 13.3. The van der Waals surface area contributed by atoms with Crippen LogP contribution >= 0.6 is 0 Å². The average molecular weight is 376 g/mol. The zero-order chi connectivity index (χ0) is 19.7. The molecule has 1 fully saturated rings. The van der Waals surface area contributed by atoms with E-state index < -0.39 is 29.3 Å². The zero-order valence-corrected chi connectivity index (χ0v) is 15.4. The van der Waals surface area contributed by atoms with Gasteiger partial charge in [-0.25, -0.2) is 9.69 Å². The lowest BCUT2D eigenvalue weighted by Crippen LogP contribution is -2.49. The number of ether oxygens (including phenoxy) is 1. The van der Waals surface area contributed by atoms with Crippen molar-refractivity contribution in [1.29, 1.82) is 0 Å². The number of amides is 2. The molecule has 6 nitrogen and oxygen atoms in total. The van der Waals surface area contributed by atoms with Crippen LogP contribution in [0.4, 0.5) is 5.69 Å². The second kappa shape index (κ2) is 7.03. The summed E-state index contributed by atoms with van der Waals surface area (Å²) >= 11 is 0. The molecule has 6 heteroatoms. The van der Waals surface area contributed by atoms with Crippen LogP contribution in [0.15, 0.2) is 65.7 Å². The fourth-order valence-corrected chi connectivity index (χ4v) is 4.04. The Balaban J connectivity index is 1.76. The van der Waals surface area contributed by atoms with E-state index in [0.29, 0.717) is 5.69 Å². The van der Waals surface area contributed by atoms with Crippen molar-refractivity contribution in [3.05, 3.63) is 66.2 Å². The van der Waals surface area contributed by atoms with Gasteiger partial charge in [0.2, 0.25) is 11.8 Å². The molecule has 0 unspecified atom stereocenters. The Morgan fingerprint density at radius 3 is 2.32 bits per heavy atom. The number of carbonyl (C=O) groups is 3. The molecule has 2 aromatic rings. The summed E-state index contributed by atoms with van der Waals surface area (Å²) in [5.74, 6) is -3.01. The molecule has 4 rings (SSSR count). The molecule has 3 atom stereocenters. The van der Waals surface area contributed by atoms with E-state index in [2.05, 4.69) is 4.99 Å². The number of hydrogen-bond donors (Lipinski definition) is 0. The summed E-state index contributed by atoms with van der Waals surface area (Å²) in [6, 6.07) is 18.1. The molecule has 28 heavy (non-hydrogen) atoms. The van der Waals surface area contributed by atoms with Crippen molar-refractivity contribution < 1.29 is 19.1 Å². The molecule has 2 aliphatic heterocycles. The lowest BCUT2D eigenvalue weighted by molar-refractivity contribution is -0.153. The molecule has 0 N–H and O–H groups in total. The van der Waals surface area contributed by atoms with E-state index in [9.17, 15) is 14.4 Å². The predicted molar refractivity (Wildman–Crippen MR) is 104 cm³/mol. The molecule has 0 radical (unpaired) electrons. The molecule has 1 saturated heterocycles. The van der Waals surface area contributed by atoms with Crippen LogP contribution in [0, 0.1) is 11.8 Å². The molecule has 2 aliphatic rings. The van der Waals surface area contributed by atoms with Crippen LogP contribution in [0.3, 0.4) is 0 Å². The van der Waals surface area contributed by atoms with E-state index in [1.807, 2.05) is 36.4 Å². The van der Waals surface area contributed by atoms with E-state index in [-0.39, 0.29) is 18.9 Å². The molecule has 0 spiro atoms. The predicted octanol–water partition coefficient (Wildman–Crippen LogP) is 2.42. The van der Waals surface area contributed by atoms with E-state index in [4.69, 9.17) is 4.74 Å². The van der Waals surface area contributed by atoms with Crippen LogP contribution in [0.25, 0.3) is 0 Å². The Hall–Kier alpha value is -3.28. The number of rotatable bonds is 5. The number of hydrogen-bond acceptors (Lipinski definition) is 5. The Labute approximate surface area is 162 Å². The van der Waals surface area contributed by atoms with E-state index in [0.717, 1.165) is 5.56 Å². The van der Waals surface area contributed by atoms with Gasteiger partial charge in [0.15, 0.2) is 5.54 Å². The van der Waals surface area contributed by atoms with Gasteiger partial charge < -0.3 is 4.74 Å². The quantitative estimate of drug-likeness (QED) is 0.593. The summed E-state index contributed by atoms with van der Waals surface area (Å²) in [6.07, 6.45) is 1.65. The largest absolute Gasteiger partial charge is 0.464 e. The third-order valence-electron chi connectivity index (χ3n) is 5.29. The van der Waals surface area contributed by atoms with Crippen molar-refractivity contribution in [3.8, 4) is 0 Å². The maximum Gasteiger partial charge on any atom is 0.335 e. The third kappa shape index (κ3) is 2.72. The molecule has 2 aromatic carbocycles. The zero-order valence-electron chi connectivity index (χ0n) is 15.4. The average Bonchev–Trinajstić information content (AvgIpc) is 3.21. The summed E-state index contributed by atoms with van der Waals surface area (Å²) in [7, 11) is 0. The number of aliphatic imine (C=N–C) groups is 1. The van der Waals surface area contributed by atoms with E-state index in [1.54, 1.807) is 31.2 Å².